The maximum absolute atomic E-state index is 10.7. The zero-order chi connectivity index (χ0) is 10.1. The monoisotopic (exact) mass is 182 g/mol. The summed E-state index contributed by atoms with van der Waals surface area (Å²) in [6, 6.07) is 1.59. The highest BCUT2D eigenvalue weighted by Gasteiger charge is 2.16. The van der Waals surface area contributed by atoms with E-state index in [2.05, 4.69) is 25.9 Å². The highest BCUT2D eigenvalue weighted by atomic mass is 16.5. The molecule has 0 aliphatic rings. The largest absolute Gasteiger partial charge is 0.363 e. The van der Waals surface area contributed by atoms with Crippen molar-refractivity contribution in [3.05, 3.63) is 17.5 Å². The zero-order valence-corrected chi connectivity index (χ0v) is 8.13. The summed E-state index contributed by atoms with van der Waals surface area (Å²) in [6.45, 7) is 6.27. The standard InChI is InChI=1S/C9H14N2O2/c1-9(2,3)5-6-4-7(8(10)12)13-11-6/h4H,5H2,1-3H3,(H2,10,12). The number of nitrogens with zero attached hydrogens (tertiary/aromatic N) is 1. The Kier molecular flexibility index (Phi) is 2.40. The van der Waals surface area contributed by atoms with Gasteiger partial charge in [-0.2, -0.15) is 0 Å². The molecule has 0 bridgehead atoms. The highest BCUT2D eigenvalue weighted by molar-refractivity contribution is 5.89. The van der Waals surface area contributed by atoms with E-state index in [-0.39, 0.29) is 11.2 Å². The lowest BCUT2D eigenvalue weighted by molar-refractivity contribution is 0.0965. The highest BCUT2D eigenvalue weighted by Crippen LogP contribution is 2.19. The van der Waals surface area contributed by atoms with Gasteiger partial charge < -0.3 is 10.3 Å². The maximum Gasteiger partial charge on any atom is 0.287 e. The van der Waals surface area contributed by atoms with Crippen molar-refractivity contribution in [2.45, 2.75) is 27.2 Å². The molecule has 1 amide bonds. The SMILES string of the molecule is CC(C)(C)Cc1cc(C(N)=O)on1. The first-order chi connectivity index (χ1) is 5.88. The van der Waals surface area contributed by atoms with Crippen molar-refractivity contribution in [1.82, 2.24) is 5.16 Å². The van der Waals surface area contributed by atoms with Crippen LogP contribution in [0.4, 0.5) is 0 Å². The van der Waals surface area contributed by atoms with Gasteiger partial charge in [-0.15, -0.1) is 0 Å². The second-order valence-electron chi connectivity index (χ2n) is 4.28. The fourth-order valence-corrected chi connectivity index (χ4v) is 1.05. The molecular weight excluding hydrogens is 168 g/mol. The molecule has 0 radical (unpaired) electrons. The van der Waals surface area contributed by atoms with Crippen LogP contribution < -0.4 is 5.73 Å². The normalized spacial score (nSPS) is 11.6. The fourth-order valence-electron chi connectivity index (χ4n) is 1.05. The average molecular weight is 182 g/mol. The topological polar surface area (TPSA) is 69.1 Å². The number of rotatable bonds is 2. The van der Waals surface area contributed by atoms with Gasteiger partial charge in [-0.25, -0.2) is 0 Å². The van der Waals surface area contributed by atoms with Crippen LogP contribution in [0.25, 0.3) is 0 Å². The Morgan fingerprint density at radius 3 is 2.62 bits per heavy atom. The minimum atomic E-state index is -0.576. The maximum atomic E-state index is 10.7. The predicted molar refractivity (Wildman–Crippen MR) is 48.2 cm³/mol. The van der Waals surface area contributed by atoms with E-state index in [1.54, 1.807) is 6.07 Å². The molecule has 0 spiro atoms. The third-order valence-corrected chi connectivity index (χ3v) is 1.51. The van der Waals surface area contributed by atoms with Crippen molar-refractivity contribution in [2.24, 2.45) is 11.1 Å². The van der Waals surface area contributed by atoms with Crippen LogP contribution in [0.3, 0.4) is 0 Å². The van der Waals surface area contributed by atoms with Crippen molar-refractivity contribution in [3.63, 3.8) is 0 Å². The Bertz CT molecular complexity index is 310. The molecule has 0 saturated heterocycles. The number of hydrogen-bond donors (Lipinski definition) is 1. The Hall–Kier alpha value is -1.32. The lowest BCUT2D eigenvalue weighted by atomic mass is 9.90. The van der Waals surface area contributed by atoms with Gasteiger partial charge >= 0.3 is 0 Å². The molecule has 4 nitrogen and oxygen atoms in total. The summed E-state index contributed by atoms with van der Waals surface area (Å²) in [5.74, 6) is -0.452. The first kappa shape index (κ1) is 9.77. The van der Waals surface area contributed by atoms with Gasteiger partial charge in [0.2, 0.25) is 5.76 Å². The molecule has 0 aliphatic carbocycles. The smallest absolute Gasteiger partial charge is 0.287 e. The minimum absolute atomic E-state index is 0.124. The summed E-state index contributed by atoms with van der Waals surface area (Å²) in [6.07, 6.45) is 0.768. The Labute approximate surface area is 77.1 Å². The Morgan fingerprint density at radius 1 is 1.62 bits per heavy atom. The van der Waals surface area contributed by atoms with Crippen molar-refractivity contribution < 1.29 is 9.32 Å². The predicted octanol–water partition coefficient (Wildman–Crippen LogP) is 1.36. The lowest BCUT2D eigenvalue weighted by Gasteiger charge is -2.14. The van der Waals surface area contributed by atoms with Gasteiger partial charge in [0.15, 0.2) is 0 Å². The van der Waals surface area contributed by atoms with Gasteiger partial charge in [-0.1, -0.05) is 25.9 Å². The number of nitrogens with two attached hydrogens (primary N) is 1. The Balaban J connectivity index is 2.75. The van der Waals surface area contributed by atoms with E-state index in [0.717, 1.165) is 12.1 Å². The van der Waals surface area contributed by atoms with Crippen LogP contribution in [0, 0.1) is 5.41 Å². The van der Waals surface area contributed by atoms with E-state index >= 15 is 0 Å². The number of amides is 1. The average Bonchev–Trinajstić information content (AvgIpc) is 2.31. The molecule has 0 atom stereocenters. The molecule has 0 aliphatic heterocycles. The molecule has 0 unspecified atom stereocenters. The third kappa shape index (κ3) is 2.89. The molecule has 0 saturated carbocycles. The van der Waals surface area contributed by atoms with Crippen LogP contribution >= 0.6 is 0 Å². The van der Waals surface area contributed by atoms with Crippen molar-refractivity contribution in [2.75, 3.05) is 0 Å². The number of hydrogen-bond acceptors (Lipinski definition) is 3. The molecular formula is C9H14N2O2. The van der Waals surface area contributed by atoms with Crippen molar-refractivity contribution in [3.8, 4) is 0 Å². The number of carbonyl (C=O) groups is 1. The molecule has 2 N–H and O–H groups in total. The van der Waals surface area contributed by atoms with E-state index < -0.39 is 5.91 Å². The third-order valence-electron chi connectivity index (χ3n) is 1.51. The first-order valence-electron chi connectivity index (χ1n) is 4.14. The fraction of sp³-hybridized carbons (Fsp3) is 0.556. The summed E-state index contributed by atoms with van der Waals surface area (Å²) in [5, 5.41) is 3.75. The van der Waals surface area contributed by atoms with Crippen LogP contribution in [0.1, 0.15) is 37.0 Å². The molecule has 72 valence electrons. The Morgan fingerprint density at radius 2 is 2.23 bits per heavy atom. The van der Waals surface area contributed by atoms with Gasteiger partial charge in [0.1, 0.15) is 0 Å². The van der Waals surface area contributed by atoms with E-state index in [4.69, 9.17) is 10.3 Å². The molecule has 1 heterocycles. The van der Waals surface area contributed by atoms with Gasteiger partial charge in [-0.05, 0) is 11.8 Å². The minimum Gasteiger partial charge on any atom is -0.363 e. The van der Waals surface area contributed by atoms with Gasteiger partial charge in [-0.3, -0.25) is 4.79 Å². The molecule has 0 fully saturated rings. The summed E-state index contributed by atoms with van der Waals surface area (Å²) in [7, 11) is 0. The van der Waals surface area contributed by atoms with Crippen LogP contribution in [0.2, 0.25) is 0 Å². The molecule has 13 heavy (non-hydrogen) atoms. The summed E-state index contributed by atoms with van der Waals surface area (Å²) < 4.78 is 4.75. The van der Waals surface area contributed by atoms with Crippen LogP contribution in [0.15, 0.2) is 10.6 Å². The lowest BCUT2D eigenvalue weighted by Crippen LogP contribution is -2.10. The van der Waals surface area contributed by atoms with E-state index in [1.165, 1.54) is 0 Å². The van der Waals surface area contributed by atoms with Gasteiger partial charge in [0.05, 0.1) is 5.69 Å². The molecule has 4 heteroatoms. The second kappa shape index (κ2) is 3.20. The van der Waals surface area contributed by atoms with Gasteiger partial charge in [0.25, 0.3) is 5.91 Å². The zero-order valence-electron chi connectivity index (χ0n) is 8.13. The number of carbonyl (C=O) groups excluding carboxylic acids is 1. The molecule has 1 aromatic heterocycles. The second-order valence-corrected chi connectivity index (χ2v) is 4.28. The summed E-state index contributed by atoms with van der Waals surface area (Å²) in [5.41, 5.74) is 5.91. The summed E-state index contributed by atoms with van der Waals surface area (Å²) in [4.78, 5) is 10.7. The molecule has 1 rings (SSSR count). The van der Waals surface area contributed by atoms with Gasteiger partial charge in [0, 0.05) is 6.07 Å². The quantitative estimate of drug-likeness (QED) is 0.750. The van der Waals surface area contributed by atoms with E-state index in [0.29, 0.717) is 0 Å². The number of aromatic nitrogens is 1. The van der Waals surface area contributed by atoms with Crippen molar-refractivity contribution >= 4 is 5.91 Å². The van der Waals surface area contributed by atoms with E-state index in [9.17, 15) is 4.79 Å². The van der Waals surface area contributed by atoms with Crippen LogP contribution in [-0.4, -0.2) is 11.1 Å². The molecule has 1 aromatic rings. The molecule has 0 aromatic carbocycles. The number of primary amides is 1. The summed E-state index contributed by atoms with van der Waals surface area (Å²) >= 11 is 0. The van der Waals surface area contributed by atoms with Crippen molar-refractivity contribution in [1.29, 1.82) is 0 Å². The first-order valence-corrected chi connectivity index (χ1v) is 4.14. The van der Waals surface area contributed by atoms with E-state index in [1.807, 2.05) is 0 Å². The van der Waals surface area contributed by atoms with Crippen LogP contribution in [0.5, 0.6) is 0 Å². The van der Waals surface area contributed by atoms with Crippen LogP contribution in [-0.2, 0) is 6.42 Å².